The number of rotatable bonds is 4. The molecule has 5 rings (SSSR count). The third-order valence-corrected chi connectivity index (χ3v) is 5.69. The summed E-state index contributed by atoms with van der Waals surface area (Å²) in [6, 6.07) is 8.97. The van der Waals surface area contributed by atoms with E-state index in [1.807, 2.05) is 6.07 Å². The van der Waals surface area contributed by atoms with E-state index in [9.17, 15) is 4.79 Å². The molecular weight excluding hydrogens is 438 g/mol. The zero-order chi connectivity index (χ0) is 21.4. The first-order valence-corrected chi connectivity index (χ1v) is 10.5. The summed E-state index contributed by atoms with van der Waals surface area (Å²) < 4.78 is 7.16. The average molecular weight is 456 g/mol. The quantitative estimate of drug-likeness (QED) is 0.608. The van der Waals surface area contributed by atoms with Crippen molar-refractivity contribution in [1.29, 1.82) is 0 Å². The summed E-state index contributed by atoms with van der Waals surface area (Å²) >= 11 is 11.6. The third kappa shape index (κ3) is 3.79. The Morgan fingerprint density at radius 2 is 1.97 bits per heavy atom. The Morgan fingerprint density at radius 1 is 1.19 bits per heavy atom. The number of nitrogens with zero attached hydrogens (tertiary/aromatic N) is 6. The first-order chi connectivity index (χ1) is 15.1. The highest BCUT2D eigenvalue weighted by Crippen LogP contribution is 2.32. The summed E-state index contributed by atoms with van der Waals surface area (Å²) in [7, 11) is 0. The summed E-state index contributed by atoms with van der Waals surface area (Å²) in [5, 5.41) is 12.2. The van der Waals surface area contributed by atoms with Gasteiger partial charge in [0, 0.05) is 41.6 Å². The van der Waals surface area contributed by atoms with Crippen LogP contribution in [0.2, 0.25) is 5.02 Å². The molecule has 31 heavy (non-hydrogen) atoms. The van der Waals surface area contributed by atoms with Gasteiger partial charge in [0.25, 0.3) is 5.91 Å². The van der Waals surface area contributed by atoms with Crippen LogP contribution in [0.4, 0.5) is 5.69 Å². The lowest BCUT2D eigenvalue weighted by atomic mass is 10.1. The molecule has 4 heterocycles. The number of halogens is 1. The Hall–Kier alpha value is -2.92. The van der Waals surface area contributed by atoms with Crippen LogP contribution in [-0.4, -0.2) is 69.3 Å². The predicted octanol–water partition coefficient (Wildman–Crippen LogP) is 2.54. The minimum Gasteiger partial charge on any atom is -0.379 e. The Labute approximate surface area is 187 Å². The zero-order valence-electron chi connectivity index (χ0n) is 16.4. The normalized spacial score (nSPS) is 18.0. The number of ether oxygens (including phenoxy) is 1. The molecule has 1 saturated heterocycles. The lowest BCUT2D eigenvalue weighted by Gasteiger charge is -2.30. The molecule has 0 bridgehead atoms. The van der Waals surface area contributed by atoms with Crippen molar-refractivity contribution in [2.24, 2.45) is 5.10 Å². The maximum Gasteiger partial charge on any atom is 0.280 e. The number of anilines is 1. The summed E-state index contributed by atoms with van der Waals surface area (Å²) in [5.41, 5.74) is 2.46. The van der Waals surface area contributed by atoms with Gasteiger partial charge in [-0.1, -0.05) is 11.6 Å². The van der Waals surface area contributed by atoms with Crippen LogP contribution in [0.3, 0.4) is 0 Å². The molecule has 2 aliphatic rings. The highest BCUT2D eigenvalue weighted by atomic mass is 35.5. The van der Waals surface area contributed by atoms with Gasteiger partial charge < -0.3 is 4.74 Å². The van der Waals surface area contributed by atoms with Crippen LogP contribution < -0.4 is 4.90 Å². The van der Waals surface area contributed by atoms with Crippen molar-refractivity contribution in [3.8, 4) is 11.4 Å². The molecule has 1 amide bonds. The van der Waals surface area contributed by atoms with E-state index in [4.69, 9.17) is 28.6 Å². The first-order valence-electron chi connectivity index (χ1n) is 9.70. The first kappa shape index (κ1) is 20.0. The molecule has 0 spiro atoms. The highest BCUT2D eigenvalue weighted by molar-refractivity contribution is 7.71. The number of benzene rings is 1. The van der Waals surface area contributed by atoms with Gasteiger partial charge in [-0.25, -0.2) is 5.10 Å². The van der Waals surface area contributed by atoms with Crippen LogP contribution in [-0.2, 0) is 9.53 Å². The molecule has 0 saturated carbocycles. The predicted molar refractivity (Wildman–Crippen MR) is 119 cm³/mol. The number of pyridine rings is 1. The summed E-state index contributed by atoms with van der Waals surface area (Å²) in [4.78, 5) is 21.4. The van der Waals surface area contributed by atoms with Gasteiger partial charge in [0.1, 0.15) is 0 Å². The Balaban J connectivity index is 1.58. The molecule has 1 N–H and O–H groups in total. The maximum atomic E-state index is 13.4. The Bertz CT molecular complexity index is 1220. The van der Waals surface area contributed by atoms with Crippen molar-refractivity contribution in [3.05, 3.63) is 58.1 Å². The van der Waals surface area contributed by atoms with E-state index < -0.39 is 0 Å². The SMILES string of the molecule is O=C1/C(=N/n2c(-c3ccncc3)n[nH]c2=S)c2cc(Cl)ccc2N1CN1CCOCC1. The van der Waals surface area contributed by atoms with E-state index in [1.165, 1.54) is 4.68 Å². The van der Waals surface area contributed by atoms with Crippen LogP contribution in [0.25, 0.3) is 11.4 Å². The minimum absolute atomic E-state index is 0.215. The van der Waals surface area contributed by atoms with Crippen LogP contribution in [0.1, 0.15) is 5.56 Å². The number of hydrogen-bond acceptors (Lipinski definition) is 7. The number of carbonyl (C=O) groups excluding carboxylic acids is 1. The molecule has 2 aromatic heterocycles. The van der Waals surface area contributed by atoms with Gasteiger partial charge in [0.05, 0.1) is 25.6 Å². The number of morpholine rings is 1. The monoisotopic (exact) mass is 455 g/mol. The molecule has 158 valence electrons. The summed E-state index contributed by atoms with van der Waals surface area (Å²) in [6.07, 6.45) is 3.31. The molecule has 0 aliphatic carbocycles. The van der Waals surface area contributed by atoms with Gasteiger partial charge in [-0.3, -0.25) is 19.6 Å². The second-order valence-corrected chi connectivity index (χ2v) is 7.94. The summed E-state index contributed by atoms with van der Waals surface area (Å²) in [5.74, 6) is 0.274. The number of carbonyl (C=O) groups is 1. The largest absolute Gasteiger partial charge is 0.379 e. The second kappa shape index (κ2) is 8.31. The van der Waals surface area contributed by atoms with E-state index in [2.05, 4.69) is 25.2 Å². The van der Waals surface area contributed by atoms with Crippen LogP contribution >= 0.6 is 23.8 Å². The number of aromatic amines is 1. The van der Waals surface area contributed by atoms with Gasteiger partial charge in [-0.2, -0.15) is 14.9 Å². The number of fused-ring (bicyclic) bond motifs is 1. The van der Waals surface area contributed by atoms with Crippen LogP contribution in [0.5, 0.6) is 0 Å². The fourth-order valence-electron chi connectivity index (χ4n) is 3.64. The summed E-state index contributed by atoms with van der Waals surface area (Å²) in [6.45, 7) is 3.27. The van der Waals surface area contributed by atoms with Gasteiger partial charge in [0.2, 0.25) is 4.77 Å². The van der Waals surface area contributed by atoms with Gasteiger partial charge in [0.15, 0.2) is 11.5 Å². The molecule has 11 heteroatoms. The molecule has 2 aliphatic heterocycles. The van der Waals surface area contributed by atoms with E-state index in [0.717, 1.165) is 24.3 Å². The zero-order valence-corrected chi connectivity index (χ0v) is 17.9. The molecule has 0 atom stereocenters. The Kier molecular flexibility index (Phi) is 5.36. The second-order valence-electron chi connectivity index (χ2n) is 7.12. The van der Waals surface area contributed by atoms with Gasteiger partial charge >= 0.3 is 0 Å². The van der Waals surface area contributed by atoms with Crippen molar-refractivity contribution >= 4 is 41.1 Å². The minimum atomic E-state index is -0.215. The molecule has 0 unspecified atom stereocenters. The van der Waals surface area contributed by atoms with Gasteiger partial charge in [-0.15, -0.1) is 0 Å². The Morgan fingerprint density at radius 3 is 2.74 bits per heavy atom. The van der Waals surface area contributed by atoms with E-state index in [0.29, 0.717) is 36.3 Å². The number of H-pyrrole nitrogens is 1. The van der Waals surface area contributed by atoms with E-state index >= 15 is 0 Å². The van der Waals surface area contributed by atoms with Crippen LogP contribution in [0.15, 0.2) is 47.8 Å². The molecule has 1 fully saturated rings. The fourth-order valence-corrected chi connectivity index (χ4v) is 3.98. The lowest BCUT2D eigenvalue weighted by Crippen LogP contribution is -2.46. The molecule has 1 aromatic carbocycles. The average Bonchev–Trinajstić information content (AvgIpc) is 3.28. The number of hydrogen-bond donors (Lipinski definition) is 1. The molecule has 9 nitrogen and oxygen atoms in total. The number of amides is 1. The van der Waals surface area contributed by atoms with Gasteiger partial charge in [-0.05, 0) is 42.5 Å². The third-order valence-electron chi connectivity index (χ3n) is 5.19. The lowest BCUT2D eigenvalue weighted by molar-refractivity contribution is -0.112. The van der Waals surface area contributed by atoms with Crippen LogP contribution in [0, 0.1) is 4.77 Å². The molecule has 3 aromatic rings. The fraction of sp³-hybridized carbons (Fsp3) is 0.250. The highest BCUT2D eigenvalue weighted by Gasteiger charge is 2.36. The topological polar surface area (TPSA) is 91.6 Å². The molecule has 0 radical (unpaired) electrons. The maximum absolute atomic E-state index is 13.4. The smallest absolute Gasteiger partial charge is 0.280 e. The van der Waals surface area contributed by atoms with Crippen molar-refractivity contribution in [3.63, 3.8) is 0 Å². The number of nitrogens with one attached hydrogen (secondary N) is 1. The van der Waals surface area contributed by atoms with E-state index in [-0.39, 0.29) is 16.4 Å². The number of aromatic nitrogens is 4. The van der Waals surface area contributed by atoms with Crippen molar-refractivity contribution in [1.82, 2.24) is 24.8 Å². The van der Waals surface area contributed by atoms with Crippen molar-refractivity contribution in [2.45, 2.75) is 0 Å². The molecular formula is C20H18ClN7O2S. The van der Waals surface area contributed by atoms with Crippen molar-refractivity contribution in [2.75, 3.05) is 37.9 Å². The van der Waals surface area contributed by atoms with E-state index in [1.54, 1.807) is 41.6 Å². The standard InChI is InChI=1S/C20H18ClN7O2S/c21-14-1-2-16-15(11-14)17(19(29)27(16)12-26-7-9-30-10-8-26)25-28-18(23-24-20(28)31)13-3-5-22-6-4-13/h1-6,11H,7-10,12H2,(H,24,31)/b25-17+. The van der Waals surface area contributed by atoms with Crippen molar-refractivity contribution < 1.29 is 9.53 Å².